The maximum atomic E-state index is 9.88. The minimum Gasteiger partial charge on any atom is -0.508 e. The summed E-state index contributed by atoms with van der Waals surface area (Å²) >= 11 is 0. The van der Waals surface area contributed by atoms with Gasteiger partial charge in [-0.05, 0) is 143 Å². The predicted molar refractivity (Wildman–Crippen MR) is 168 cm³/mol. The summed E-state index contributed by atoms with van der Waals surface area (Å²) < 4.78 is 22.6. The first-order chi connectivity index (χ1) is 21.3. The summed E-state index contributed by atoms with van der Waals surface area (Å²) in [5.41, 5.74) is 7.52. The first-order valence-corrected chi connectivity index (χ1v) is 16.5. The number of nitrogens with zero attached hydrogens (tertiary/aromatic N) is 2. The molecule has 1 N–H and O–H groups in total. The Morgan fingerprint density at radius 3 is 1.68 bits per heavy atom. The number of benzene rings is 2. The Labute approximate surface area is 263 Å². The van der Waals surface area contributed by atoms with Crippen molar-refractivity contribution in [3.8, 4) is 17.9 Å². The highest BCUT2D eigenvalue weighted by atomic mass is 16.7. The van der Waals surface area contributed by atoms with Gasteiger partial charge in [0.1, 0.15) is 5.75 Å². The van der Waals surface area contributed by atoms with Crippen LogP contribution in [0.15, 0.2) is 24.3 Å². The van der Waals surface area contributed by atoms with E-state index in [1.54, 1.807) is 6.07 Å². The van der Waals surface area contributed by atoms with Crippen molar-refractivity contribution in [2.24, 2.45) is 0 Å². The second kappa shape index (κ2) is 14.4. The van der Waals surface area contributed by atoms with E-state index < -0.39 is 5.41 Å². The lowest BCUT2D eigenvalue weighted by Gasteiger charge is -2.39. The number of aromatic hydroxyl groups is 1. The van der Waals surface area contributed by atoms with E-state index in [2.05, 4.69) is 38.1 Å². The third kappa shape index (κ3) is 7.13. The van der Waals surface area contributed by atoms with Crippen molar-refractivity contribution in [2.45, 2.75) is 121 Å². The third-order valence-corrected chi connectivity index (χ3v) is 9.96. The first-order valence-electron chi connectivity index (χ1n) is 16.5. The highest BCUT2D eigenvalue weighted by Gasteiger charge is 2.44. The molecule has 2 aromatic rings. The van der Waals surface area contributed by atoms with Crippen molar-refractivity contribution in [1.82, 2.24) is 0 Å². The van der Waals surface area contributed by atoms with Gasteiger partial charge in [0.05, 0.1) is 23.0 Å². The fourth-order valence-electron chi connectivity index (χ4n) is 7.06. The number of hydrogen-bond acceptors (Lipinski definition) is 7. The van der Waals surface area contributed by atoms with Crippen LogP contribution < -0.4 is 0 Å². The minimum atomic E-state index is -0.447. The van der Waals surface area contributed by atoms with Crippen LogP contribution in [0.1, 0.15) is 103 Å². The lowest BCUT2D eigenvalue weighted by atomic mass is 9.62. The molecule has 0 spiro atoms. The topological polar surface area (TPSA) is 105 Å². The Bertz CT molecular complexity index is 1280. The van der Waals surface area contributed by atoms with Gasteiger partial charge in [-0.1, -0.05) is 18.2 Å². The number of ether oxygens (including phenoxy) is 4. The van der Waals surface area contributed by atoms with E-state index in [-0.39, 0.29) is 23.7 Å². The van der Waals surface area contributed by atoms with E-state index in [1.807, 2.05) is 13.0 Å². The number of fused-ring (bicyclic) bond motifs is 2. The van der Waals surface area contributed by atoms with Crippen LogP contribution in [-0.2, 0) is 42.6 Å². The third-order valence-electron chi connectivity index (χ3n) is 9.96. The number of hydrogen-bond donors (Lipinski definition) is 1. The Balaban J connectivity index is 0.000000175. The molecule has 0 radical (unpaired) electrons. The van der Waals surface area contributed by atoms with Crippen LogP contribution >= 0.6 is 0 Å². The van der Waals surface area contributed by atoms with E-state index in [0.717, 1.165) is 88.5 Å². The summed E-state index contributed by atoms with van der Waals surface area (Å²) in [6, 6.07) is 13.2. The zero-order valence-corrected chi connectivity index (χ0v) is 26.8. The van der Waals surface area contributed by atoms with Crippen LogP contribution in [0.4, 0.5) is 0 Å². The standard InChI is InChI=1S/C19H25NO2.C18H23NO3/c1-14-10-16-12-19(13-20,17(16)11-15(14)2)7-5-9-22-18-6-3-4-8-21-18;1-13-9-14-11-18(12-19,15(14)10-16(13)20)6-4-8-22-17-5-2-3-7-21-17/h10-11,18H,3-9,12H2,1-2H3;9-10,17,20H,2-8,11H2,1H3. The molecule has 2 heterocycles. The molecule has 4 atom stereocenters. The lowest BCUT2D eigenvalue weighted by Crippen LogP contribution is -2.38. The van der Waals surface area contributed by atoms with Gasteiger partial charge in [-0.15, -0.1) is 0 Å². The van der Waals surface area contributed by atoms with Gasteiger partial charge in [0, 0.05) is 26.4 Å². The SMILES string of the molecule is Cc1cc2c(cc1C)C(C#N)(CCCOC1CCCCO1)C2.Cc1cc2c(cc1O)C(C#N)(CCCOC1CCCCO1)C2. The number of rotatable bonds is 10. The van der Waals surface area contributed by atoms with Gasteiger partial charge in [-0.25, -0.2) is 0 Å². The summed E-state index contributed by atoms with van der Waals surface area (Å²) in [5.74, 6) is 0.282. The fraction of sp³-hybridized carbons (Fsp3) is 0.622. The molecule has 2 fully saturated rings. The molecule has 44 heavy (non-hydrogen) atoms. The Hall–Kier alpha value is -2.94. The molecule has 7 nitrogen and oxygen atoms in total. The van der Waals surface area contributed by atoms with Gasteiger partial charge in [-0.2, -0.15) is 10.5 Å². The zero-order valence-electron chi connectivity index (χ0n) is 26.8. The highest BCUT2D eigenvalue weighted by molar-refractivity contribution is 5.55. The Morgan fingerprint density at radius 2 is 1.20 bits per heavy atom. The van der Waals surface area contributed by atoms with E-state index in [9.17, 15) is 15.6 Å². The molecule has 2 aliphatic carbocycles. The predicted octanol–water partition coefficient (Wildman–Crippen LogP) is 7.29. The van der Waals surface area contributed by atoms with Crippen LogP contribution in [0.3, 0.4) is 0 Å². The van der Waals surface area contributed by atoms with E-state index in [1.165, 1.54) is 40.7 Å². The van der Waals surface area contributed by atoms with Gasteiger partial charge >= 0.3 is 0 Å². The molecule has 236 valence electrons. The molecular weight excluding hydrogens is 552 g/mol. The quantitative estimate of drug-likeness (QED) is 0.286. The number of aryl methyl sites for hydroxylation is 3. The van der Waals surface area contributed by atoms with Crippen LogP contribution in [0.2, 0.25) is 0 Å². The van der Waals surface area contributed by atoms with Gasteiger partial charge in [0.25, 0.3) is 0 Å². The van der Waals surface area contributed by atoms with Gasteiger partial charge in [0.2, 0.25) is 0 Å². The molecule has 2 saturated heterocycles. The molecule has 0 saturated carbocycles. The van der Waals surface area contributed by atoms with Crippen LogP contribution in [0, 0.1) is 43.4 Å². The van der Waals surface area contributed by atoms with Crippen LogP contribution in [0.25, 0.3) is 0 Å². The molecule has 7 heteroatoms. The van der Waals surface area contributed by atoms with Crippen LogP contribution in [0.5, 0.6) is 5.75 Å². The van der Waals surface area contributed by atoms with Crippen LogP contribution in [-0.4, -0.2) is 44.1 Å². The maximum Gasteiger partial charge on any atom is 0.157 e. The molecule has 2 aliphatic heterocycles. The summed E-state index contributed by atoms with van der Waals surface area (Å²) in [7, 11) is 0. The Morgan fingerprint density at radius 1 is 0.727 bits per heavy atom. The van der Waals surface area contributed by atoms with Gasteiger partial charge < -0.3 is 24.1 Å². The Kier molecular flexibility index (Phi) is 10.7. The number of nitriles is 2. The molecule has 6 rings (SSSR count). The first kappa shape index (κ1) is 32.5. The summed E-state index contributed by atoms with van der Waals surface area (Å²) in [4.78, 5) is 0. The largest absolute Gasteiger partial charge is 0.508 e. The van der Waals surface area contributed by atoms with Crippen molar-refractivity contribution in [2.75, 3.05) is 26.4 Å². The second-order valence-corrected chi connectivity index (χ2v) is 13.2. The fourth-order valence-corrected chi connectivity index (χ4v) is 7.06. The molecule has 0 aromatic heterocycles. The highest BCUT2D eigenvalue weighted by Crippen LogP contribution is 2.47. The van der Waals surface area contributed by atoms with Crippen molar-refractivity contribution in [3.63, 3.8) is 0 Å². The zero-order chi connectivity index (χ0) is 31.2. The monoisotopic (exact) mass is 600 g/mol. The van der Waals surface area contributed by atoms with E-state index in [4.69, 9.17) is 18.9 Å². The molecule has 2 aromatic carbocycles. The number of phenols is 1. The van der Waals surface area contributed by atoms with E-state index in [0.29, 0.717) is 13.2 Å². The van der Waals surface area contributed by atoms with Crippen molar-refractivity contribution < 1.29 is 24.1 Å². The van der Waals surface area contributed by atoms with Gasteiger partial charge in [-0.3, -0.25) is 0 Å². The number of phenolic OH excluding ortho intramolecular Hbond substituents is 1. The lowest BCUT2D eigenvalue weighted by molar-refractivity contribution is -0.163. The molecule has 4 aliphatic rings. The molecule has 4 unspecified atom stereocenters. The van der Waals surface area contributed by atoms with Gasteiger partial charge in [0.15, 0.2) is 12.6 Å². The average molecular weight is 601 g/mol. The summed E-state index contributed by atoms with van der Waals surface area (Å²) in [5, 5.41) is 29.1. The second-order valence-electron chi connectivity index (χ2n) is 13.2. The smallest absolute Gasteiger partial charge is 0.157 e. The van der Waals surface area contributed by atoms with Crippen molar-refractivity contribution >= 4 is 0 Å². The summed E-state index contributed by atoms with van der Waals surface area (Å²) in [6.07, 6.45) is 11.6. The maximum absolute atomic E-state index is 9.88. The summed E-state index contributed by atoms with van der Waals surface area (Å²) in [6.45, 7) is 9.08. The molecule has 0 bridgehead atoms. The molecular formula is C37H48N2O5. The van der Waals surface area contributed by atoms with E-state index >= 15 is 0 Å². The molecule has 0 amide bonds. The minimum absolute atomic E-state index is 0.0228. The van der Waals surface area contributed by atoms with Crippen molar-refractivity contribution in [3.05, 3.63) is 63.2 Å². The average Bonchev–Trinajstić information content (AvgIpc) is 3.04. The normalized spacial score (nSPS) is 26.8. The van der Waals surface area contributed by atoms with Crippen molar-refractivity contribution in [1.29, 1.82) is 10.5 Å².